The first kappa shape index (κ1) is 21.9. The van der Waals surface area contributed by atoms with E-state index in [1.54, 1.807) is 6.92 Å². The van der Waals surface area contributed by atoms with Crippen molar-refractivity contribution in [1.29, 1.82) is 0 Å². The van der Waals surface area contributed by atoms with E-state index in [1.165, 1.54) is 10.9 Å². The number of ether oxygens (including phenoxy) is 3. The molecule has 4 rings (SSSR count). The third kappa shape index (κ3) is 5.88. The largest absolute Gasteiger partial charge is 0.508 e. The number of rotatable bonds is 9. The van der Waals surface area contributed by atoms with Crippen LogP contribution in [0.1, 0.15) is 18.9 Å². The molecule has 2 aromatic carbocycles. The third-order valence-electron chi connectivity index (χ3n) is 5.45. The summed E-state index contributed by atoms with van der Waals surface area (Å²) >= 11 is 0. The van der Waals surface area contributed by atoms with E-state index in [2.05, 4.69) is 45.5 Å². The van der Waals surface area contributed by atoms with Gasteiger partial charge in [0.05, 0.1) is 6.61 Å². The number of likely N-dealkylation sites (tertiary alicyclic amines) is 1. The lowest BCUT2D eigenvalue weighted by molar-refractivity contribution is 0.0495. The van der Waals surface area contributed by atoms with Crippen LogP contribution in [0, 0.1) is 0 Å². The molecular weight excluding hydrogens is 406 g/mol. The van der Waals surface area contributed by atoms with Crippen molar-refractivity contribution in [2.45, 2.75) is 25.9 Å². The van der Waals surface area contributed by atoms with Crippen LogP contribution in [0.3, 0.4) is 0 Å². The van der Waals surface area contributed by atoms with Gasteiger partial charge in [-0.25, -0.2) is 4.79 Å². The number of hydrogen-bond acceptors (Lipinski definition) is 7. The Balaban J connectivity index is 1.26. The molecule has 7 heteroatoms. The molecule has 0 aliphatic carbocycles. The Kier molecular flexibility index (Phi) is 7.40. The topological polar surface area (TPSA) is 72.9 Å². The van der Waals surface area contributed by atoms with E-state index in [-0.39, 0.29) is 6.61 Å². The van der Waals surface area contributed by atoms with Crippen molar-refractivity contribution in [2.24, 2.45) is 0 Å². The van der Waals surface area contributed by atoms with Crippen molar-refractivity contribution < 1.29 is 19.0 Å². The number of benzene rings is 2. The molecule has 0 spiro atoms. The summed E-state index contributed by atoms with van der Waals surface area (Å²) in [6, 6.07) is 16.8. The highest BCUT2D eigenvalue weighted by Crippen LogP contribution is 2.25. The monoisotopic (exact) mass is 435 g/mol. The van der Waals surface area contributed by atoms with E-state index in [1.807, 2.05) is 30.6 Å². The maximum atomic E-state index is 11.2. The summed E-state index contributed by atoms with van der Waals surface area (Å²) in [7, 11) is 0. The molecule has 0 unspecified atom stereocenters. The van der Waals surface area contributed by atoms with Crippen molar-refractivity contribution in [3.05, 3.63) is 66.5 Å². The van der Waals surface area contributed by atoms with Gasteiger partial charge in [-0.1, -0.05) is 24.3 Å². The molecule has 1 aromatic heterocycles. The second kappa shape index (κ2) is 10.8. The number of fused-ring (bicyclic) bond motifs is 1. The Bertz CT molecular complexity index is 1040. The van der Waals surface area contributed by atoms with Gasteiger partial charge >= 0.3 is 6.16 Å². The number of anilines is 1. The normalized spacial score (nSPS) is 16.1. The van der Waals surface area contributed by atoms with E-state index in [9.17, 15) is 4.79 Å². The Labute approximate surface area is 188 Å². The van der Waals surface area contributed by atoms with E-state index in [4.69, 9.17) is 14.2 Å². The van der Waals surface area contributed by atoms with Crippen molar-refractivity contribution in [1.82, 2.24) is 9.88 Å². The van der Waals surface area contributed by atoms with Gasteiger partial charge in [-0.3, -0.25) is 9.88 Å². The number of aromatic nitrogens is 1. The van der Waals surface area contributed by atoms with Crippen LogP contribution in [-0.2, 0) is 16.0 Å². The zero-order valence-corrected chi connectivity index (χ0v) is 18.3. The molecule has 0 bridgehead atoms. The number of carbonyl (C=O) groups is 1. The molecule has 1 atom stereocenters. The van der Waals surface area contributed by atoms with Gasteiger partial charge in [-0.05, 0) is 43.2 Å². The number of pyridine rings is 1. The zero-order chi connectivity index (χ0) is 22.2. The summed E-state index contributed by atoms with van der Waals surface area (Å²) in [5.74, 6) is 0.771. The maximum Gasteiger partial charge on any atom is 0.508 e. The average Bonchev–Trinajstić information content (AvgIpc) is 3.24. The van der Waals surface area contributed by atoms with Crippen molar-refractivity contribution in [3.63, 3.8) is 0 Å². The van der Waals surface area contributed by atoms with Crippen molar-refractivity contribution in [2.75, 3.05) is 38.2 Å². The van der Waals surface area contributed by atoms with E-state index < -0.39 is 6.16 Å². The van der Waals surface area contributed by atoms with Crippen LogP contribution in [0.2, 0.25) is 0 Å². The molecule has 3 aromatic rings. The third-order valence-corrected chi connectivity index (χ3v) is 5.45. The van der Waals surface area contributed by atoms with Crippen LogP contribution in [0.5, 0.6) is 5.75 Å². The molecule has 1 N–H and O–H groups in total. The predicted molar refractivity (Wildman–Crippen MR) is 124 cm³/mol. The lowest BCUT2D eigenvalue weighted by atomic mass is 10.1. The summed E-state index contributed by atoms with van der Waals surface area (Å²) in [4.78, 5) is 17.9. The van der Waals surface area contributed by atoms with Gasteiger partial charge in [0, 0.05) is 54.5 Å². The Morgan fingerprint density at radius 2 is 2.06 bits per heavy atom. The lowest BCUT2D eigenvalue weighted by Gasteiger charge is -2.19. The molecule has 32 heavy (non-hydrogen) atoms. The van der Waals surface area contributed by atoms with Crippen LogP contribution >= 0.6 is 0 Å². The SMILES string of the molecule is CCOC(=O)OCCOc1cccc(CN2CC[C@@H](Nc3cccc4cnccc34)C2)c1. The Morgan fingerprint density at radius 3 is 2.97 bits per heavy atom. The summed E-state index contributed by atoms with van der Waals surface area (Å²) in [6.45, 7) is 5.39. The highest BCUT2D eigenvalue weighted by Gasteiger charge is 2.22. The van der Waals surface area contributed by atoms with Gasteiger partial charge < -0.3 is 19.5 Å². The summed E-state index contributed by atoms with van der Waals surface area (Å²) in [5.41, 5.74) is 2.36. The lowest BCUT2D eigenvalue weighted by Crippen LogP contribution is -2.26. The van der Waals surface area contributed by atoms with Crippen molar-refractivity contribution >= 4 is 22.6 Å². The molecular formula is C25H29N3O4. The number of nitrogens with zero attached hydrogens (tertiary/aromatic N) is 2. The minimum atomic E-state index is -0.665. The molecule has 0 saturated carbocycles. The maximum absolute atomic E-state index is 11.2. The number of hydrogen-bond donors (Lipinski definition) is 1. The van der Waals surface area contributed by atoms with Gasteiger partial charge in [0.15, 0.2) is 0 Å². The van der Waals surface area contributed by atoms with Crippen LogP contribution in [0.15, 0.2) is 60.9 Å². The molecule has 0 radical (unpaired) electrons. The summed E-state index contributed by atoms with van der Waals surface area (Å²) in [6.07, 6.45) is 4.18. The highest BCUT2D eigenvalue weighted by atomic mass is 16.7. The molecule has 0 amide bonds. The first-order chi connectivity index (χ1) is 15.7. The highest BCUT2D eigenvalue weighted by molar-refractivity contribution is 5.93. The predicted octanol–water partition coefficient (Wildman–Crippen LogP) is 4.47. The molecule has 1 aliphatic rings. The van der Waals surface area contributed by atoms with Crippen molar-refractivity contribution in [3.8, 4) is 5.75 Å². The minimum absolute atomic E-state index is 0.159. The number of carbonyl (C=O) groups excluding carboxylic acids is 1. The fourth-order valence-electron chi connectivity index (χ4n) is 4.00. The van der Waals surface area contributed by atoms with E-state index in [0.717, 1.165) is 42.9 Å². The Morgan fingerprint density at radius 1 is 1.16 bits per heavy atom. The molecule has 168 valence electrons. The second-order valence-electron chi connectivity index (χ2n) is 7.79. The zero-order valence-electron chi connectivity index (χ0n) is 18.3. The Hall–Kier alpha value is -3.32. The van der Waals surface area contributed by atoms with Crippen LogP contribution in [-0.4, -0.2) is 55.0 Å². The van der Waals surface area contributed by atoms with Gasteiger partial charge in [-0.15, -0.1) is 0 Å². The van der Waals surface area contributed by atoms with Crippen LogP contribution < -0.4 is 10.1 Å². The molecule has 1 fully saturated rings. The standard InChI is InChI=1S/C25H29N3O4/c1-2-30-25(29)32-14-13-31-22-7-3-5-19(15-22)17-28-12-10-21(18-28)27-24-8-4-6-20-16-26-11-9-23(20)24/h3-9,11,15-16,21,27H,2,10,12-14,17-18H2,1H3/t21-/m1/s1. The van der Waals surface area contributed by atoms with Gasteiger partial charge in [0.1, 0.15) is 19.0 Å². The van der Waals surface area contributed by atoms with Crippen LogP contribution in [0.25, 0.3) is 10.8 Å². The molecule has 1 saturated heterocycles. The number of nitrogens with one attached hydrogen (secondary N) is 1. The fourth-order valence-corrected chi connectivity index (χ4v) is 4.00. The van der Waals surface area contributed by atoms with E-state index >= 15 is 0 Å². The summed E-state index contributed by atoms with van der Waals surface area (Å²) < 4.78 is 15.4. The first-order valence-corrected chi connectivity index (χ1v) is 11.0. The molecule has 2 heterocycles. The molecule has 7 nitrogen and oxygen atoms in total. The van der Waals surface area contributed by atoms with Crippen LogP contribution in [0.4, 0.5) is 10.5 Å². The second-order valence-corrected chi connectivity index (χ2v) is 7.79. The van der Waals surface area contributed by atoms with Gasteiger partial charge in [0.25, 0.3) is 0 Å². The van der Waals surface area contributed by atoms with Gasteiger partial charge in [-0.2, -0.15) is 0 Å². The van der Waals surface area contributed by atoms with Gasteiger partial charge in [0.2, 0.25) is 0 Å². The summed E-state index contributed by atoms with van der Waals surface area (Å²) in [5, 5.41) is 6.07. The van der Waals surface area contributed by atoms with E-state index in [0.29, 0.717) is 19.3 Å². The molecule has 1 aliphatic heterocycles. The smallest absolute Gasteiger partial charge is 0.490 e. The minimum Gasteiger partial charge on any atom is -0.490 e. The fraction of sp³-hybridized carbons (Fsp3) is 0.360. The quantitative estimate of drug-likeness (QED) is 0.393. The average molecular weight is 436 g/mol. The first-order valence-electron chi connectivity index (χ1n) is 11.0.